The Balaban J connectivity index is 2.23. The highest BCUT2D eigenvalue weighted by atomic mass is 16.4. The molecule has 72 valence electrons. The minimum Gasteiger partial charge on any atom is -0.553 e. The third-order valence-corrected chi connectivity index (χ3v) is 2.07. The zero-order valence-electron chi connectivity index (χ0n) is 8.01. The third-order valence-electron chi connectivity index (χ3n) is 2.07. The summed E-state index contributed by atoms with van der Waals surface area (Å²) in [6, 6.07) is 0. The Kier molecular flexibility index (Phi) is 1.60. The first-order chi connectivity index (χ1) is 7.34. The van der Waals surface area contributed by atoms with Crippen LogP contribution in [0.4, 0.5) is 0 Å². The minimum atomic E-state index is 0.396. The Morgan fingerprint density at radius 2 is 2.47 bits per heavy atom. The molecule has 1 aromatic heterocycles. The molecule has 6 nitrogen and oxygen atoms in total. The predicted octanol–water partition coefficient (Wildman–Crippen LogP) is -1.01. The normalized spacial score (nSPS) is 16.6. The summed E-state index contributed by atoms with van der Waals surface area (Å²) < 4.78 is 7.14. The van der Waals surface area contributed by atoms with E-state index in [4.69, 9.17) is 4.65 Å². The highest BCUT2D eigenvalue weighted by Gasteiger charge is 2.23. The van der Waals surface area contributed by atoms with Crippen LogP contribution in [-0.2, 0) is 4.65 Å². The number of rotatable bonds is 0. The highest BCUT2D eigenvalue weighted by molar-refractivity contribution is 6.46. The second kappa shape index (κ2) is 2.93. The molecule has 0 amide bonds. The van der Waals surface area contributed by atoms with Crippen LogP contribution in [0.3, 0.4) is 0 Å². The summed E-state index contributed by atoms with van der Waals surface area (Å²) in [7, 11) is 0.396. The Hall–Kier alpha value is -2.14. The molecule has 0 atom stereocenters. The molecule has 2 aliphatic heterocycles. The van der Waals surface area contributed by atoms with Crippen molar-refractivity contribution in [2.75, 3.05) is 0 Å². The zero-order chi connectivity index (χ0) is 10.3. The molecule has 3 rings (SSSR count). The number of aryl methyl sites for hydroxylation is 1. The zero-order valence-corrected chi connectivity index (χ0v) is 8.01. The Bertz CT molecular complexity index is 549. The molecule has 7 heteroatoms. The van der Waals surface area contributed by atoms with Gasteiger partial charge in [-0.25, -0.2) is 14.7 Å². The van der Waals surface area contributed by atoms with Gasteiger partial charge in [0.2, 0.25) is 0 Å². The van der Waals surface area contributed by atoms with Crippen molar-refractivity contribution < 1.29 is 4.65 Å². The van der Waals surface area contributed by atoms with Crippen molar-refractivity contribution in [3.05, 3.63) is 17.7 Å². The van der Waals surface area contributed by atoms with E-state index in [2.05, 4.69) is 25.9 Å². The van der Waals surface area contributed by atoms with E-state index in [0.29, 0.717) is 24.9 Å². The molecule has 3 heterocycles. The predicted molar refractivity (Wildman–Crippen MR) is 56.3 cm³/mol. The van der Waals surface area contributed by atoms with E-state index in [9.17, 15) is 0 Å². The van der Waals surface area contributed by atoms with E-state index in [1.807, 2.05) is 6.92 Å². The number of hydrogen-bond donors (Lipinski definition) is 0. The molecule has 0 saturated carbocycles. The lowest BCUT2D eigenvalue weighted by molar-refractivity contribution is 0.469. The van der Waals surface area contributed by atoms with E-state index in [1.54, 1.807) is 10.8 Å². The smallest absolute Gasteiger partial charge is 0.414 e. The molecule has 15 heavy (non-hydrogen) atoms. The van der Waals surface area contributed by atoms with Crippen LogP contribution in [0, 0.1) is 6.92 Å². The second-order valence-electron chi connectivity index (χ2n) is 3.11. The average molecular weight is 199 g/mol. The topological polar surface area (TPSA) is 64.7 Å². The first kappa shape index (κ1) is 8.20. The number of hydrogen-bond acceptors (Lipinski definition) is 5. The SMILES string of the molecule is Cc1nc2n(n1)C1=C(C=C=NC=N1)OB2. The van der Waals surface area contributed by atoms with Gasteiger partial charge in [0.1, 0.15) is 17.9 Å². The fourth-order valence-corrected chi connectivity index (χ4v) is 1.47. The largest absolute Gasteiger partial charge is 0.553 e. The molecule has 2 aliphatic rings. The molecule has 0 bridgehead atoms. The van der Waals surface area contributed by atoms with Crippen LogP contribution in [0.15, 0.2) is 21.8 Å². The van der Waals surface area contributed by atoms with Gasteiger partial charge < -0.3 is 4.65 Å². The van der Waals surface area contributed by atoms with Gasteiger partial charge in [-0.2, -0.15) is 10.1 Å². The third kappa shape index (κ3) is 1.21. The molecular weight excluding hydrogens is 193 g/mol. The summed E-state index contributed by atoms with van der Waals surface area (Å²) in [5, 5.41) is 4.24. The Morgan fingerprint density at radius 1 is 1.53 bits per heavy atom. The van der Waals surface area contributed by atoms with Crippen molar-refractivity contribution in [2.45, 2.75) is 6.92 Å². The fraction of sp³-hybridized carbons (Fsp3) is 0.125. The summed E-state index contributed by atoms with van der Waals surface area (Å²) >= 11 is 0. The summed E-state index contributed by atoms with van der Waals surface area (Å²) in [6.07, 6.45) is 3.05. The number of allylic oxidation sites excluding steroid dienone is 1. The first-order valence-electron chi connectivity index (χ1n) is 4.46. The van der Waals surface area contributed by atoms with Crippen LogP contribution >= 0.6 is 0 Å². The summed E-state index contributed by atoms with van der Waals surface area (Å²) in [5.41, 5.74) is 0.749. The molecule has 0 aliphatic carbocycles. The number of aliphatic imine (C=N–C) groups is 2. The Morgan fingerprint density at radius 3 is 3.40 bits per heavy atom. The highest BCUT2D eigenvalue weighted by Crippen LogP contribution is 2.16. The second-order valence-corrected chi connectivity index (χ2v) is 3.11. The molecule has 0 spiro atoms. The van der Waals surface area contributed by atoms with Gasteiger partial charge in [0, 0.05) is 6.08 Å². The molecule has 0 N–H and O–H groups in total. The van der Waals surface area contributed by atoms with Crippen molar-refractivity contribution in [3.63, 3.8) is 0 Å². The van der Waals surface area contributed by atoms with E-state index in [-0.39, 0.29) is 0 Å². The van der Waals surface area contributed by atoms with Gasteiger partial charge in [-0.1, -0.05) is 0 Å². The van der Waals surface area contributed by atoms with E-state index in [1.165, 1.54) is 6.34 Å². The molecule has 0 aromatic carbocycles. The summed E-state index contributed by atoms with van der Waals surface area (Å²) in [5.74, 6) is 4.61. The monoisotopic (exact) mass is 199 g/mol. The average Bonchev–Trinajstić information content (AvgIpc) is 2.48. The van der Waals surface area contributed by atoms with E-state index in [0.717, 1.165) is 5.72 Å². The molecular formula is C8H6BN5O. The van der Waals surface area contributed by atoms with Crippen LogP contribution in [0.2, 0.25) is 0 Å². The summed E-state index contributed by atoms with van der Waals surface area (Å²) in [4.78, 5) is 12.2. The minimum absolute atomic E-state index is 0.396. The van der Waals surface area contributed by atoms with Gasteiger partial charge in [-0.05, 0) is 12.8 Å². The van der Waals surface area contributed by atoms with Crippen LogP contribution in [0.5, 0.6) is 0 Å². The van der Waals surface area contributed by atoms with Crippen LogP contribution < -0.4 is 5.72 Å². The van der Waals surface area contributed by atoms with E-state index < -0.39 is 0 Å². The lowest BCUT2D eigenvalue weighted by Gasteiger charge is -2.15. The molecule has 0 unspecified atom stereocenters. The number of fused-ring (bicyclic) bond motifs is 2. The van der Waals surface area contributed by atoms with Crippen LogP contribution in [-0.4, -0.2) is 34.5 Å². The van der Waals surface area contributed by atoms with Crippen molar-refractivity contribution in [2.24, 2.45) is 9.98 Å². The standard InChI is InChI=1S/C8H6BN5O/c1-5-12-8-9-15-6-2-3-10-4-11-7(6)14(8)13-5/h2,4,9H,1H3. The van der Waals surface area contributed by atoms with Crippen molar-refractivity contribution in [1.82, 2.24) is 14.8 Å². The summed E-state index contributed by atoms with van der Waals surface area (Å²) in [6.45, 7) is 1.83. The van der Waals surface area contributed by atoms with Crippen molar-refractivity contribution in [3.8, 4) is 0 Å². The lowest BCUT2D eigenvalue weighted by Crippen LogP contribution is -2.33. The Labute approximate surface area is 86.0 Å². The van der Waals surface area contributed by atoms with Gasteiger partial charge in [0.05, 0.1) is 0 Å². The van der Waals surface area contributed by atoms with Gasteiger partial charge in [0.25, 0.3) is 0 Å². The van der Waals surface area contributed by atoms with Crippen molar-refractivity contribution in [1.29, 1.82) is 0 Å². The number of aromatic nitrogens is 3. The molecule has 1 aromatic rings. The first-order valence-corrected chi connectivity index (χ1v) is 4.46. The molecule has 0 fully saturated rings. The van der Waals surface area contributed by atoms with Crippen LogP contribution in [0.25, 0.3) is 5.82 Å². The van der Waals surface area contributed by atoms with Crippen LogP contribution in [0.1, 0.15) is 5.82 Å². The lowest BCUT2D eigenvalue weighted by atomic mass is 9.99. The molecule has 0 radical (unpaired) electrons. The number of nitrogens with zero attached hydrogens (tertiary/aromatic N) is 5. The van der Waals surface area contributed by atoms with Gasteiger partial charge >= 0.3 is 7.48 Å². The van der Waals surface area contributed by atoms with E-state index >= 15 is 0 Å². The maximum absolute atomic E-state index is 5.47. The van der Waals surface area contributed by atoms with Gasteiger partial charge in [-0.3, -0.25) is 0 Å². The molecule has 0 saturated heterocycles. The maximum Gasteiger partial charge on any atom is 0.414 e. The quantitative estimate of drug-likeness (QED) is 0.502. The maximum atomic E-state index is 5.47. The fourth-order valence-electron chi connectivity index (χ4n) is 1.47. The van der Waals surface area contributed by atoms with Gasteiger partial charge in [-0.15, -0.1) is 0 Å². The van der Waals surface area contributed by atoms with Gasteiger partial charge in [0.15, 0.2) is 11.6 Å². The van der Waals surface area contributed by atoms with Crippen molar-refractivity contribution >= 4 is 31.2 Å².